The van der Waals surface area contributed by atoms with Crippen molar-refractivity contribution >= 4 is 28.3 Å². The van der Waals surface area contributed by atoms with Crippen LogP contribution in [0.3, 0.4) is 0 Å². The molecule has 0 radical (unpaired) electrons. The van der Waals surface area contributed by atoms with Crippen LogP contribution < -0.4 is 0 Å². The summed E-state index contributed by atoms with van der Waals surface area (Å²) in [5.74, 6) is 0.206. The molecular formula is C13H12ClNO. The molecule has 0 atom stereocenters. The van der Waals surface area contributed by atoms with Crippen LogP contribution in [0.2, 0.25) is 5.02 Å². The second-order valence-corrected chi connectivity index (χ2v) is 4.82. The van der Waals surface area contributed by atoms with Crippen molar-refractivity contribution in [2.75, 3.05) is 0 Å². The molecule has 0 aliphatic carbocycles. The number of benzene rings is 1. The Kier molecular flexibility index (Phi) is 1.93. The maximum atomic E-state index is 11.9. The largest absolute Gasteiger partial charge is 0.344 e. The lowest BCUT2D eigenvalue weighted by molar-refractivity contribution is 0.0973. The van der Waals surface area contributed by atoms with E-state index in [-0.39, 0.29) is 5.78 Å². The monoisotopic (exact) mass is 233 g/mol. The predicted octanol–water partition coefficient (Wildman–Crippen LogP) is 3.50. The molecule has 0 bridgehead atoms. The van der Waals surface area contributed by atoms with Gasteiger partial charge in [0.2, 0.25) is 0 Å². The zero-order valence-electron chi connectivity index (χ0n) is 9.30. The first-order valence-electron chi connectivity index (χ1n) is 5.41. The minimum absolute atomic E-state index is 0.206. The van der Waals surface area contributed by atoms with Crippen molar-refractivity contribution in [2.24, 2.45) is 0 Å². The van der Waals surface area contributed by atoms with Crippen molar-refractivity contribution in [3.05, 3.63) is 34.0 Å². The number of Topliss-reactive ketones (excluding diaryl/α,β-unsaturated/α-hetero) is 1. The summed E-state index contributed by atoms with van der Waals surface area (Å²) in [5, 5.41) is 1.77. The number of carbonyl (C=O) groups excluding carboxylic acids is 1. The van der Waals surface area contributed by atoms with E-state index in [0.717, 1.165) is 23.0 Å². The summed E-state index contributed by atoms with van der Waals surface area (Å²) in [7, 11) is 0. The summed E-state index contributed by atoms with van der Waals surface area (Å²) in [6.07, 6.45) is 0.581. The molecule has 1 aliphatic heterocycles. The third-order valence-corrected chi connectivity index (χ3v) is 3.78. The molecule has 16 heavy (non-hydrogen) atoms. The van der Waals surface area contributed by atoms with Gasteiger partial charge in [-0.1, -0.05) is 11.6 Å². The van der Waals surface area contributed by atoms with Crippen molar-refractivity contribution in [1.82, 2.24) is 4.57 Å². The molecule has 3 heteroatoms. The van der Waals surface area contributed by atoms with Gasteiger partial charge in [0, 0.05) is 34.6 Å². The van der Waals surface area contributed by atoms with Crippen molar-refractivity contribution in [3.8, 4) is 0 Å². The molecule has 0 spiro atoms. The van der Waals surface area contributed by atoms with Crippen molar-refractivity contribution in [1.29, 1.82) is 0 Å². The Bertz CT molecular complexity index is 625. The fraction of sp³-hybridized carbons (Fsp3) is 0.308. The van der Waals surface area contributed by atoms with Crippen LogP contribution in [0.1, 0.15) is 28.0 Å². The number of hydrogen-bond acceptors (Lipinski definition) is 1. The quantitative estimate of drug-likeness (QED) is 0.683. The van der Waals surface area contributed by atoms with E-state index < -0.39 is 0 Å². The predicted molar refractivity (Wildman–Crippen MR) is 65.4 cm³/mol. The Morgan fingerprint density at radius 3 is 2.81 bits per heavy atom. The molecule has 2 heterocycles. The molecule has 0 unspecified atom stereocenters. The molecule has 0 saturated heterocycles. The van der Waals surface area contributed by atoms with Crippen molar-refractivity contribution in [3.63, 3.8) is 0 Å². The van der Waals surface area contributed by atoms with E-state index in [1.54, 1.807) is 6.07 Å². The van der Waals surface area contributed by atoms with Crippen LogP contribution in [-0.4, -0.2) is 10.4 Å². The third-order valence-electron chi connectivity index (χ3n) is 3.56. The maximum absolute atomic E-state index is 11.9. The molecule has 1 aliphatic rings. The number of ketones is 1. The van der Waals surface area contributed by atoms with Crippen LogP contribution in [-0.2, 0) is 6.54 Å². The van der Waals surface area contributed by atoms with Gasteiger partial charge in [0.25, 0.3) is 0 Å². The maximum Gasteiger partial charge on any atom is 0.166 e. The molecule has 0 fully saturated rings. The van der Waals surface area contributed by atoms with E-state index in [9.17, 15) is 4.79 Å². The number of aryl methyl sites for hydroxylation is 2. The average molecular weight is 234 g/mol. The summed E-state index contributed by atoms with van der Waals surface area (Å²) in [6, 6.07) is 3.75. The Balaban J connectivity index is 2.57. The van der Waals surface area contributed by atoms with E-state index in [1.807, 2.05) is 6.07 Å². The summed E-state index contributed by atoms with van der Waals surface area (Å²) in [6.45, 7) is 4.98. The summed E-state index contributed by atoms with van der Waals surface area (Å²) in [5.41, 5.74) is 4.32. The SMILES string of the molecule is Cc1c(C)n2c3c(cc(Cl)cc13)C(=O)CC2. The third kappa shape index (κ3) is 1.11. The second kappa shape index (κ2) is 3.11. The van der Waals surface area contributed by atoms with E-state index in [4.69, 9.17) is 11.6 Å². The van der Waals surface area contributed by atoms with Crippen LogP contribution >= 0.6 is 11.6 Å². The van der Waals surface area contributed by atoms with Gasteiger partial charge in [0.15, 0.2) is 5.78 Å². The molecule has 1 aromatic heterocycles. The number of nitrogens with zero attached hydrogens (tertiary/aromatic N) is 1. The zero-order chi connectivity index (χ0) is 11.4. The van der Waals surface area contributed by atoms with Gasteiger partial charge in [-0.15, -0.1) is 0 Å². The highest BCUT2D eigenvalue weighted by Crippen LogP contribution is 2.34. The number of aromatic nitrogens is 1. The van der Waals surface area contributed by atoms with E-state index >= 15 is 0 Å². The van der Waals surface area contributed by atoms with Gasteiger partial charge in [0.1, 0.15) is 0 Å². The molecule has 82 valence electrons. The fourth-order valence-electron chi connectivity index (χ4n) is 2.58. The van der Waals surface area contributed by atoms with Gasteiger partial charge in [0.05, 0.1) is 5.52 Å². The second-order valence-electron chi connectivity index (χ2n) is 4.38. The lowest BCUT2D eigenvalue weighted by Gasteiger charge is -2.16. The first-order chi connectivity index (χ1) is 7.59. The van der Waals surface area contributed by atoms with Gasteiger partial charge in [-0.2, -0.15) is 0 Å². The number of hydrogen-bond donors (Lipinski definition) is 0. The van der Waals surface area contributed by atoms with Crippen LogP contribution in [0, 0.1) is 13.8 Å². The summed E-state index contributed by atoms with van der Waals surface area (Å²) < 4.78 is 2.23. The lowest BCUT2D eigenvalue weighted by atomic mass is 10.0. The van der Waals surface area contributed by atoms with Crippen LogP contribution in [0.5, 0.6) is 0 Å². The molecule has 1 aromatic carbocycles. The fourth-order valence-corrected chi connectivity index (χ4v) is 2.80. The van der Waals surface area contributed by atoms with Gasteiger partial charge in [-0.05, 0) is 31.5 Å². The smallest absolute Gasteiger partial charge is 0.166 e. The van der Waals surface area contributed by atoms with Crippen molar-refractivity contribution < 1.29 is 4.79 Å². The number of carbonyl (C=O) groups is 1. The molecule has 2 aromatic rings. The van der Waals surface area contributed by atoms with Gasteiger partial charge in [-0.25, -0.2) is 0 Å². The standard InChI is InChI=1S/C13H12ClNO/c1-7-8(2)15-4-3-12(16)11-6-9(14)5-10(7)13(11)15/h5-6H,3-4H2,1-2H3. The number of halogens is 1. The highest BCUT2D eigenvalue weighted by atomic mass is 35.5. The Morgan fingerprint density at radius 1 is 1.31 bits per heavy atom. The zero-order valence-corrected chi connectivity index (χ0v) is 10.1. The van der Waals surface area contributed by atoms with E-state index in [2.05, 4.69) is 18.4 Å². The first-order valence-corrected chi connectivity index (χ1v) is 5.79. The Hall–Kier alpha value is -1.28. The van der Waals surface area contributed by atoms with Crippen LogP contribution in [0.15, 0.2) is 12.1 Å². The minimum Gasteiger partial charge on any atom is -0.344 e. The van der Waals surface area contributed by atoms with Crippen LogP contribution in [0.4, 0.5) is 0 Å². The summed E-state index contributed by atoms with van der Waals surface area (Å²) >= 11 is 6.06. The Labute approximate surface area is 98.8 Å². The van der Waals surface area contributed by atoms with Gasteiger partial charge >= 0.3 is 0 Å². The lowest BCUT2D eigenvalue weighted by Crippen LogP contribution is -2.14. The molecule has 0 N–H and O–H groups in total. The van der Waals surface area contributed by atoms with Gasteiger partial charge < -0.3 is 4.57 Å². The molecule has 0 saturated carbocycles. The highest BCUT2D eigenvalue weighted by Gasteiger charge is 2.23. The van der Waals surface area contributed by atoms with Crippen LogP contribution in [0.25, 0.3) is 10.9 Å². The topological polar surface area (TPSA) is 22.0 Å². The van der Waals surface area contributed by atoms with Gasteiger partial charge in [-0.3, -0.25) is 4.79 Å². The highest BCUT2D eigenvalue weighted by molar-refractivity contribution is 6.32. The molecule has 0 amide bonds. The molecular weight excluding hydrogens is 222 g/mol. The number of rotatable bonds is 0. The van der Waals surface area contributed by atoms with E-state index in [0.29, 0.717) is 11.4 Å². The Morgan fingerprint density at radius 2 is 2.06 bits per heavy atom. The normalized spacial score (nSPS) is 14.8. The first kappa shape index (κ1) is 9.91. The molecule has 3 rings (SSSR count). The average Bonchev–Trinajstić information content (AvgIpc) is 2.49. The van der Waals surface area contributed by atoms with Crippen molar-refractivity contribution in [2.45, 2.75) is 26.8 Å². The van der Waals surface area contributed by atoms with E-state index in [1.165, 1.54) is 11.3 Å². The summed E-state index contributed by atoms with van der Waals surface area (Å²) in [4.78, 5) is 11.9. The molecule has 2 nitrogen and oxygen atoms in total. The minimum atomic E-state index is 0.206.